The molecule has 3 aliphatic carbocycles. The first kappa shape index (κ1) is 34.0. The Balaban J connectivity index is 1.08. The second-order valence-corrected chi connectivity index (χ2v) is 18.1. The molecule has 0 heterocycles. The highest BCUT2D eigenvalue weighted by Gasteiger charge is 2.45. The lowest BCUT2D eigenvalue weighted by Gasteiger charge is -2.25. The van der Waals surface area contributed by atoms with Crippen molar-refractivity contribution in [1.29, 1.82) is 0 Å². The minimum Gasteiger partial charge on any atom is -0.0622 e. The van der Waals surface area contributed by atoms with Crippen molar-refractivity contribution >= 4 is 45.8 Å². The van der Waals surface area contributed by atoms with Crippen molar-refractivity contribution in [2.45, 2.75) is 57.8 Å². The summed E-state index contributed by atoms with van der Waals surface area (Å²) in [6, 6.07) is 54.6. The van der Waals surface area contributed by atoms with E-state index in [2.05, 4.69) is 211 Å². The van der Waals surface area contributed by atoms with Crippen LogP contribution in [0.15, 0.2) is 146 Å². The molecule has 0 atom stereocenters. The summed E-state index contributed by atoms with van der Waals surface area (Å²) in [6.45, 7) is 14.6. The molecule has 0 bridgehead atoms. The van der Waals surface area contributed by atoms with E-state index in [9.17, 15) is 0 Å². The maximum atomic E-state index is 2.58. The van der Waals surface area contributed by atoms with Crippen LogP contribution in [0.2, 0.25) is 0 Å². The van der Waals surface area contributed by atoms with Crippen LogP contribution in [0.1, 0.15) is 97.2 Å². The minimum absolute atomic E-state index is 0.152. The predicted molar refractivity (Wildman–Crippen MR) is 245 cm³/mol. The van der Waals surface area contributed by atoms with Gasteiger partial charge in [-0.05, 0) is 147 Å². The van der Waals surface area contributed by atoms with Gasteiger partial charge in [0.1, 0.15) is 0 Å². The third kappa shape index (κ3) is 4.80. The van der Waals surface area contributed by atoms with Crippen molar-refractivity contribution in [1.82, 2.24) is 0 Å². The Morgan fingerprint density at radius 2 is 0.614 bits per heavy atom. The van der Waals surface area contributed by atoms with Crippen molar-refractivity contribution in [3.63, 3.8) is 0 Å². The second kappa shape index (κ2) is 11.9. The third-order valence-corrected chi connectivity index (χ3v) is 13.8. The van der Waals surface area contributed by atoms with E-state index >= 15 is 0 Å². The summed E-state index contributed by atoms with van der Waals surface area (Å²) in [4.78, 5) is 0. The molecule has 11 rings (SSSR count). The molecule has 8 aromatic carbocycles. The SMILES string of the molecule is CC1(C)c2cc3c(cc2-c2cc4c(cc21)-c1c(cc(/C=C/c2ccccc2)c2ccccc12)C4(C)C)C(C)(C)c1cc(/C=C/c2ccccc2)c2ccccc2c1-3. The Hall–Kier alpha value is -6.24. The van der Waals surface area contributed by atoms with E-state index in [-0.39, 0.29) is 16.2 Å². The Bertz CT molecular complexity index is 2850. The lowest BCUT2D eigenvalue weighted by atomic mass is 9.78. The fourth-order valence-corrected chi connectivity index (χ4v) is 10.7. The zero-order valence-electron chi connectivity index (χ0n) is 33.7. The zero-order chi connectivity index (χ0) is 38.8. The molecule has 0 heteroatoms. The predicted octanol–water partition coefficient (Wildman–Crippen LogP) is 15.3. The highest BCUT2D eigenvalue weighted by molar-refractivity contribution is 6.09. The van der Waals surface area contributed by atoms with E-state index in [1.165, 1.54) is 111 Å². The summed E-state index contributed by atoms with van der Waals surface area (Å²) in [7, 11) is 0. The molecule has 274 valence electrons. The van der Waals surface area contributed by atoms with Crippen LogP contribution < -0.4 is 0 Å². The highest BCUT2D eigenvalue weighted by atomic mass is 14.5. The van der Waals surface area contributed by atoms with Gasteiger partial charge in [-0.3, -0.25) is 0 Å². The molecule has 57 heavy (non-hydrogen) atoms. The summed E-state index contributed by atoms with van der Waals surface area (Å²) in [6.07, 6.45) is 9.12. The highest BCUT2D eigenvalue weighted by Crippen LogP contribution is 2.61. The van der Waals surface area contributed by atoms with E-state index in [1.54, 1.807) is 0 Å². The fraction of sp³-hybridized carbons (Fsp3) is 0.158. The summed E-state index contributed by atoms with van der Waals surface area (Å²) in [5.74, 6) is 0. The van der Waals surface area contributed by atoms with Gasteiger partial charge < -0.3 is 0 Å². The number of fused-ring (bicyclic) bond motifs is 13. The van der Waals surface area contributed by atoms with Crippen molar-refractivity contribution in [3.05, 3.63) is 201 Å². The van der Waals surface area contributed by atoms with Crippen LogP contribution in [0.5, 0.6) is 0 Å². The molecule has 0 amide bonds. The van der Waals surface area contributed by atoms with Gasteiger partial charge >= 0.3 is 0 Å². The number of hydrogen-bond acceptors (Lipinski definition) is 0. The topological polar surface area (TPSA) is 0 Å². The van der Waals surface area contributed by atoms with Gasteiger partial charge in [0.15, 0.2) is 0 Å². The molecular formula is C57H46. The van der Waals surface area contributed by atoms with Crippen molar-refractivity contribution in [2.24, 2.45) is 0 Å². The van der Waals surface area contributed by atoms with Crippen LogP contribution in [0.25, 0.3) is 79.2 Å². The quantitative estimate of drug-likeness (QED) is 0.158. The van der Waals surface area contributed by atoms with Gasteiger partial charge in [-0.25, -0.2) is 0 Å². The van der Waals surface area contributed by atoms with Crippen molar-refractivity contribution < 1.29 is 0 Å². The van der Waals surface area contributed by atoms with E-state index in [4.69, 9.17) is 0 Å². The number of benzene rings is 8. The van der Waals surface area contributed by atoms with Crippen LogP contribution in [-0.2, 0) is 16.2 Å². The molecule has 0 saturated carbocycles. The average Bonchev–Trinajstić information content (AvgIpc) is 3.70. The van der Waals surface area contributed by atoms with Gasteiger partial charge in [-0.2, -0.15) is 0 Å². The molecule has 0 aliphatic heterocycles. The average molecular weight is 731 g/mol. The maximum absolute atomic E-state index is 2.58. The summed E-state index contributed by atoms with van der Waals surface area (Å²) < 4.78 is 0. The summed E-state index contributed by atoms with van der Waals surface area (Å²) >= 11 is 0. The standard InChI is InChI=1S/C57H46/c1-55(2)47-33-45-49(56(3,4)51-29-37(27-25-35-17-9-7-10-18-35)39-21-13-15-23-41(39)53(45)51)31-43(47)44-32-50-46(34-48(44)55)54-42-24-16-14-22-40(42)38(30-52(54)57(50,5)6)28-26-36-19-11-8-12-20-36/h7-34H,1-6H3/b27-25+,28-26+. The van der Waals surface area contributed by atoms with Crippen LogP contribution in [0.3, 0.4) is 0 Å². The Kier molecular flexibility index (Phi) is 7.10. The second-order valence-electron chi connectivity index (χ2n) is 18.1. The van der Waals surface area contributed by atoms with E-state index in [1.807, 2.05) is 0 Å². The Morgan fingerprint density at radius 3 is 1.02 bits per heavy atom. The first-order chi connectivity index (χ1) is 27.5. The van der Waals surface area contributed by atoms with Crippen LogP contribution in [-0.4, -0.2) is 0 Å². The smallest absolute Gasteiger partial charge is 0.0159 e. The van der Waals surface area contributed by atoms with Gasteiger partial charge in [-0.15, -0.1) is 0 Å². The van der Waals surface area contributed by atoms with E-state index < -0.39 is 0 Å². The molecule has 0 nitrogen and oxygen atoms in total. The molecule has 0 N–H and O–H groups in total. The van der Waals surface area contributed by atoms with E-state index in [0.29, 0.717) is 0 Å². The molecule has 0 aromatic heterocycles. The number of rotatable bonds is 4. The fourth-order valence-electron chi connectivity index (χ4n) is 10.7. The van der Waals surface area contributed by atoms with Crippen LogP contribution >= 0.6 is 0 Å². The zero-order valence-corrected chi connectivity index (χ0v) is 33.7. The normalized spacial score (nSPS) is 16.2. The molecular weight excluding hydrogens is 685 g/mol. The molecule has 0 radical (unpaired) electrons. The molecule has 0 saturated heterocycles. The van der Waals surface area contributed by atoms with Crippen LogP contribution in [0.4, 0.5) is 0 Å². The molecule has 8 aromatic rings. The number of hydrogen-bond donors (Lipinski definition) is 0. The Morgan fingerprint density at radius 1 is 0.298 bits per heavy atom. The van der Waals surface area contributed by atoms with Crippen molar-refractivity contribution in [2.75, 3.05) is 0 Å². The summed E-state index contributed by atoms with van der Waals surface area (Å²) in [5, 5.41) is 5.28. The first-order valence-corrected chi connectivity index (χ1v) is 20.5. The van der Waals surface area contributed by atoms with Crippen LogP contribution in [0, 0.1) is 0 Å². The molecule has 0 spiro atoms. The van der Waals surface area contributed by atoms with Gasteiger partial charge in [-0.1, -0.05) is 175 Å². The monoisotopic (exact) mass is 730 g/mol. The molecule has 0 fully saturated rings. The lowest BCUT2D eigenvalue weighted by molar-refractivity contribution is 0.649. The molecule has 3 aliphatic rings. The van der Waals surface area contributed by atoms with E-state index in [0.717, 1.165) is 0 Å². The lowest BCUT2D eigenvalue weighted by Crippen LogP contribution is -2.17. The van der Waals surface area contributed by atoms with Gasteiger partial charge in [0.25, 0.3) is 0 Å². The van der Waals surface area contributed by atoms with Gasteiger partial charge in [0, 0.05) is 16.2 Å². The largest absolute Gasteiger partial charge is 0.0622 e. The Labute approximate surface area is 336 Å². The van der Waals surface area contributed by atoms with Crippen molar-refractivity contribution in [3.8, 4) is 33.4 Å². The third-order valence-electron chi connectivity index (χ3n) is 13.8. The summed E-state index contributed by atoms with van der Waals surface area (Å²) in [5.41, 5.74) is 21.5. The maximum Gasteiger partial charge on any atom is 0.0159 e. The molecule has 0 unspecified atom stereocenters. The first-order valence-electron chi connectivity index (χ1n) is 20.5. The minimum atomic E-state index is -0.156. The van der Waals surface area contributed by atoms with Gasteiger partial charge in [0.2, 0.25) is 0 Å². The van der Waals surface area contributed by atoms with Gasteiger partial charge in [0.05, 0.1) is 0 Å².